The van der Waals surface area contributed by atoms with E-state index in [4.69, 9.17) is 10.7 Å². The zero-order valence-corrected chi connectivity index (χ0v) is 11.7. The van der Waals surface area contributed by atoms with Crippen molar-refractivity contribution < 1.29 is 0 Å². The number of nitrogens with two attached hydrogens (primary N) is 1. The minimum absolute atomic E-state index is 0.326. The molecule has 0 saturated heterocycles. The van der Waals surface area contributed by atoms with Gasteiger partial charge in [-0.2, -0.15) is 0 Å². The second-order valence-corrected chi connectivity index (χ2v) is 6.38. The molecule has 0 bridgehead atoms. The van der Waals surface area contributed by atoms with Crippen molar-refractivity contribution in [1.82, 2.24) is 9.55 Å². The Morgan fingerprint density at radius 3 is 2.61 bits per heavy atom. The highest BCUT2D eigenvalue weighted by molar-refractivity contribution is 5.23. The van der Waals surface area contributed by atoms with Crippen LogP contribution in [0.5, 0.6) is 0 Å². The Labute approximate surface area is 110 Å². The van der Waals surface area contributed by atoms with Crippen LogP contribution in [0.4, 0.5) is 0 Å². The number of hydrogen-bond donors (Lipinski definition) is 1. The second-order valence-electron chi connectivity index (χ2n) is 6.38. The molecule has 2 aliphatic rings. The lowest BCUT2D eigenvalue weighted by atomic mass is 9.82. The predicted molar refractivity (Wildman–Crippen MR) is 73.6 cm³/mol. The standard InChI is InChI=1S/C15H25N3/c1-10-3-5-11(6-4-10)15-17-13-9-12(16)7-8-14(13)18(15)2/h10-12H,3-9,16H2,1-2H3. The Morgan fingerprint density at radius 2 is 1.89 bits per heavy atom. The average molecular weight is 247 g/mol. The van der Waals surface area contributed by atoms with E-state index in [-0.39, 0.29) is 0 Å². The van der Waals surface area contributed by atoms with Gasteiger partial charge in [0.1, 0.15) is 5.82 Å². The third-order valence-electron chi connectivity index (χ3n) is 4.92. The molecule has 0 amide bonds. The van der Waals surface area contributed by atoms with E-state index in [9.17, 15) is 0 Å². The Hall–Kier alpha value is -0.830. The molecule has 0 aliphatic heterocycles. The van der Waals surface area contributed by atoms with Gasteiger partial charge >= 0.3 is 0 Å². The molecule has 0 spiro atoms. The zero-order valence-electron chi connectivity index (χ0n) is 11.7. The van der Waals surface area contributed by atoms with E-state index in [1.807, 2.05) is 0 Å². The minimum Gasteiger partial charge on any atom is -0.335 e. The van der Waals surface area contributed by atoms with Crippen LogP contribution in [0.3, 0.4) is 0 Å². The molecule has 18 heavy (non-hydrogen) atoms. The molecule has 0 aromatic carbocycles. The maximum absolute atomic E-state index is 6.06. The summed E-state index contributed by atoms with van der Waals surface area (Å²) >= 11 is 0. The molecule has 3 nitrogen and oxygen atoms in total. The zero-order chi connectivity index (χ0) is 12.7. The van der Waals surface area contributed by atoms with Crippen LogP contribution < -0.4 is 5.73 Å². The van der Waals surface area contributed by atoms with Gasteiger partial charge in [0.25, 0.3) is 0 Å². The quantitative estimate of drug-likeness (QED) is 0.828. The first-order chi connectivity index (χ1) is 8.65. The Morgan fingerprint density at radius 1 is 1.17 bits per heavy atom. The maximum Gasteiger partial charge on any atom is 0.112 e. The van der Waals surface area contributed by atoms with E-state index < -0.39 is 0 Å². The first-order valence-corrected chi connectivity index (χ1v) is 7.45. The summed E-state index contributed by atoms with van der Waals surface area (Å²) < 4.78 is 2.38. The summed E-state index contributed by atoms with van der Waals surface area (Å²) in [6.07, 6.45) is 8.57. The van der Waals surface area contributed by atoms with Crippen LogP contribution in [-0.2, 0) is 19.9 Å². The van der Waals surface area contributed by atoms with Gasteiger partial charge < -0.3 is 10.3 Å². The number of fused-ring (bicyclic) bond motifs is 1. The molecule has 1 heterocycles. The molecule has 1 aromatic rings. The van der Waals surface area contributed by atoms with Crippen LogP contribution >= 0.6 is 0 Å². The van der Waals surface area contributed by atoms with Crippen LogP contribution in [0.25, 0.3) is 0 Å². The summed E-state index contributed by atoms with van der Waals surface area (Å²) in [5.41, 5.74) is 8.79. The molecule has 0 radical (unpaired) electrons. The van der Waals surface area contributed by atoms with Gasteiger partial charge in [-0.1, -0.05) is 19.8 Å². The van der Waals surface area contributed by atoms with Crippen molar-refractivity contribution in [1.29, 1.82) is 0 Å². The van der Waals surface area contributed by atoms with Crippen molar-refractivity contribution in [3.05, 3.63) is 17.2 Å². The number of imidazole rings is 1. The van der Waals surface area contributed by atoms with Crippen LogP contribution in [-0.4, -0.2) is 15.6 Å². The SMILES string of the molecule is CC1CCC(c2nc3c(n2C)CCC(N)C3)CC1. The summed E-state index contributed by atoms with van der Waals surface area (Å²) in [7, 11) is 2.20. The second kappa shape index (κ2) is 4.69. The largest absolute Gasteiger partial charge is 0.335 e. The predicted octanol–water partition coefficient (Wildman–Crippen LogP) is 2.53. The highest BCUT2D eigenvalue weighted by atomic mass is 15.1. The van der Waals surface area contributed by atoms with E-state index >= 15 is 0 Å². The van der Waals surface area contributed by atoms with E-state index in [1.54, 1.807) is 0 Å². The summed E-state index contributed by atoms with van der Waals surface area (Å²) in [6.45, 7) is 2.37. The third kappa shape index (κ3) is 2.09. The Bertz CT molecular complexity index is 427. The normalized spacial score (nSPS) is 32.3. The molecule has 1 unspecified atom stereocenters. The smallest absolute Gasteiger partial charge is 0.112 e. The first kappa shape index (κ1) is 12.2. The molecule has 2 aliphatic carbocycles. The molecule has 1 atom stereocenters. The summed E-state index contributed by atoms with van der Waals surface area (Å²) in [4.78, 5) is 4.93. The van der Waals surface area contributed by atoms with Crippen molar-refractivity contribution in [2.45, 2.75) is 63.8 Å². The van der Waals surface area contributed by atoms with Crippen LogP contribution in [0.2, 0.25) is 0 Å². The molecule has 1 saturated carbocycles. The summed E-state index contributed by atoms with van der Waals surface area (Å²) in [6, 6.07) is 0.326. The van der Waals surface area contributed by atoms with Gasteiger partial charge in [0.15, 0.2) is 0 Å². The lowest BCUT2D eigenvalue weighted by molar-refractivity contribution is 0.335. The van der Waals surface area contributed by atoms with Gasteiger partial charge in [-0.15, -0.1) is 0 Å². The Kier molecular flexibility index (Phi) is 3.18. The van der Waals surface area contributed by atoms with Crippen LogP contribution in [0, 0.1) is 5.92 Å². The minimum atomic E-state index is 0.326. The molecule has 3 heteroatoms. The van der Waals surface area contributed by atoms with Crippen LogP contribution in [0.15, 0.2) is 0 Å². The highest BCUT2D eigenvalue weighted by Crippen LogP contribution is 2.36. The van der Waals surface area contributed by atoms with Gasteiger partial charge in [0, 0.05) is 31.1 Å². The fourth-order valence-electron chi connectivity index (χ4n) is 3.64. The van der Waals surface area contributed by atoms with Crippen molar-refractivity contribution in [3.63, 3.8) is 0 Å². The molecule has 1 aromatic heterocycles. The average Bonchev–Trinajstić information content (AvgIpc) is 2.67. The number of aromatic nitrogens is 2. The van der Waals surface area contributed by atoms with E-state index in [1.165, 1.54) is 42.9 Å². The monoisotopic (exact) mass is 247 g/mol. The maximum atomic E-state index is 6.06. The number of nitrogens with zero attached hydrogens (tertiary/aromatic N) is 2. The number of rotatable bonds is 1. The molecular formula is C15H25N3. The van der Waals surface area contributed by atoms with Gasteiger partial charge in [-0.05, 0) is 31.6 Å². The molecule has 1 fully saturated rings. The molecular weight excluding hydrogens is 222 g/mol. The molecule has 3 rings (SSSR count). The molecule has 2 N–H and O–H groups in total. The lowest BCUT2D eigenvalue weighted by Gasteiger charge is -2.25. The summed E-state index contributed by atoms with van der Waals surface area (Å²) in [5.74, 6) is 2.93. The number of hydrogen-bond acceptors (Lipinski definition) is 2. The van der Waals surface area contributed by atoms with Gasteiger partial charge in [0.2, 0.25) is 0 Å². The topological polar surface area (TPSA) is 43.8 Å². The van der Waals surface area contributed by atoms with Crippen molar-refractivity contribution >= 4 is 0 Å². The highest BCUT2D eigenvalue weighted by Gasteiger charge is 2.27. The van der Waals surface area contributed by atoms with E-state index in [0.29, 0.717) is 12.0 Å². The first-order valence-electron chi connectivity index (χ1n) is 7.45. The van der Waals surface area contributed by atoms with Gasteiger partial charge in [-0.3, -0.25) is 0 Å². The van der Waals surface area contributed by atoms with Gasteiger partial charge in [0.05, 0.1) is 5.69 Å². The lowest BCUT2D eigenvalue weighted by Crippen LogP contribution is -2.28. The van der Waals surface area contributed by atoms with Crippen molar-refractivity contribution in [2.75, 3.05) is 0 Å². The molecule has 100 valence electrons. The van der Waals surface area contributed by atoms with E-state index in [2.05, 4.69) is 18.5 Å². The fourth-order valence-corrected chi connectivity index (χ4v) is 3.64. The van der Waals surface area contributed by atoms with Gasteiger partial charge in [-0.25, -0.2) is 4.98 Å². The summed E-state index contributed by atoms with van der Waals surface area (Å²) in [5, 5.41) is 0. The third-order valence-corrected chi connectivity index (χ3v) is 4.92. The van der Waals surface area contributed by atoms with Crippen molar-refractivity contribution in [2.24, 2.45) is 18.7 Å². The Balaban J connectivity index is 1.85. The van der Waals surface area contributed by atoms with E-state index in [0.717, 1.165) is 25.2 Å². The fraction of sp³-hybridized carbons (Fsp3) is 0.800. The van der Waals surface area contributed by atoms with Crippen LogP contribution in [0.1, 0.15) is 62.2 Å². The van der Waals surface area contributed by atoms with Crippen molar-refractivity contribution in [3.8, 4) is 0 Å².